The highest BCUT2D eigenvalue weighted by atomic mass is 32.2. The minimum absolute atomic E-state index is 0.0521. The van der Waals surface area contributed by atoms with Gasteiger partial charge in [0, 0.05) is 17.4 Å². The lowest BCUT2D eigenvalue weighted by atomic mass is 9.97. The quantitative estimate of drug-likeness (QED) is 0.672. The molecular formula is C12H13FOS. The molecule has 0 fully saturated rings. The second-order valence-corrected chi connectivity index (χ2v) is 5.39. The number of hydrogen-bond acceptors (Lipinski definition) is 2. The summed E-state index contributed by atoms with van der Waals surface area (Å²) in [6.07, 6.45) is 0.442. The fraction of sp³-hybridized carbons (Fsp3) is 0.417. The van der Waals surface area contributed by atoms with E-state index >= 15 is 0 Å². The van der Waals surface area contributed by atoms with Gasteiger partial charge in [-0.1, -0.05) is 13.0 Å². The van der Waals surface area contributed by atoms with Crippen LogP contribution >= 0.6 is 11.8 Å². The fourth-order valence-electron chi connectivity index (χ4n) is 1.86. The highest BCUT2D eigenvalue weighted by Gasteiger charge is 2.24. The van der Waals surface area contributed by atoms with Crippen LogP contribution in [-0.2, 0) is 5.75 Å². The topological polar surface area (TPSA) is 17.1 Å². The van der Waals surface area contributed by atoms with E-state index in [1.807, 2.05) is 13.8 Å². The highest BCUT2D eigenvalue weighted by molar-refractivity contribution is 7.99. The van der Waals surface area contributed by atoms with Crippen LogP contribution in [0.1, 0.15) is 34.8 Å². The molecule has 0 spiro atoms. The van der Waals surface area contributed by atoms with Gasteiger partial charge in [0.15, 0.2) is 5.78 Å². The van der Waals surface area contributed by atoms with Crippen LogP contribution in [0.3, 0.4) is 0 Å². The van der Waals surface area contributed by atoms with Crippen LogP contribution in [0.15, 0.2) is 12.1 Å². The molecule has 1 aromatic carbocycles. The summed E-state index contributed by atoms with van der Waals surface area (Å²) >= 11 is 1.72. The van der Waals surface area contributed by atoms with E-state index in [0.29, 0.717) is 12.0 Å². The van der Waals surface area contributed by atoms with Crippen LogP contribution in [-0.4, -0.2) is 11.0 Å². The summed E-state index contributed by atoms with van der Waals surface area (Å²) in [5.41, 5.74) is 2.22. The number of ketones is 1. The van der Waals surface area contributed by atoms with Crippen molar-refractivity contribution < 1.29 is 9.18 Å². The van der Waals surface area contributed by atoms with E-state index in [1.54, 1.807) is 17.8 Å². The van der Waals surface area contributed by atoms with E-state index in [0.717, 1.165) is 16.9 Å². The molecule has 1 unspecified atom stereocenters. The van der Waals surface area contributed by atoms with E-state index in [9.17, 15) is 9.18 Å². The Morgan fingerprint density at radius 2 is 2.20 bits per heavy atom. The molecule has 1 nitrogen and oxygen atoms in total. The molecule has 1 heterocycles. The molecule has 15 heavy (non-hydrogen) atoms. The maximum atomic E-state index is 13.6. The van der Waals surface area contributed by atoms with Crippen molar-refractivity contribution in [2.75, 3.05) is 0 Å². The van der Waals surface area contributed by atoms with Crippen molar-refractivity contribution in [1.82, 2.24) is 0 Å². The molecule has 1 aliphatic heterocycles. The molecule has 0 aliphatic carbocycles. The van der Waals surface area contributed by atoms with Gasteiger partial charge in [-0.2, -0.15) is 11.8 Å². The van der Waals surface area contributed by atoms with Gasteiger partial charge in [0.1, 0.15) is 5.82 Å². The summed E-state index contributed by atoms with van der Waals surface area (Å²) in [6, 6.07) is 3.14. The minimum atomic E-state index is -0.365. The van der Waals surface area contributed by atoms with Crippen LogP contribution in [0, 0.1) is 12.7 Å². The summed E-state index contributed by atoms with van der Waals surface area (Å²) in [6.45, 7) is 3.95. The maximum absolute atomic E-state index is 13.6. The van der Waals surface area contributed by atoms with Gasteiger partial charge in [-0.15, -0.1) is 0 Å². The third-order valence-electron chi connectivity index (χ3n) is 2.76. The first-order valence-electron chi connectivity index (χ1n) is 5.02. The van der Waals surface area contributed by atoms with E-state index in [2.05, 4.69) is 0 Å². The summed E-state index contributed by atoms with van der Waals surface area (Å²) in [7, 11) is 0. The van der Waals surface area contributed by atoms with Crippen molar-refractivity contribution >= 4 is 17.5 Å². The van der Waals surface area contributed by atoms with Gasteiger partial charge in [0.25, 0.3) is 0 Å². The lowest BCUT2D eigenvalue weighted by molar-refractivity contribution is 0.0979. The monoisotopic (exact) mass is 224 g/mol. The lowest BCUT2D eigenvalue weighted by Crippen LogP contribution is -2.08. The van der Waals surface area contributed by atoms with Crippen LogP contribution in [0.25, 0.3) is 0 Å². The first-order valence-corrected chi connectivity index (χ1v) is 6.07. The van der Waals surface area contributed by atoms with Gasteiger partial charge in [0.2, 0.25) is 0 Å². The third kappa shape index (κ3) is 1.93. The van der Waals surface area contributed by atoms with E-state index in [-0.39, 0.29) is 16.9 Å². The molecule has 3 heteroatoms. The van der Waals surface area contributed by atoms with Crippen LogP contribution in [0.2, 0.25) is 0 Å². The first-order chi connectivity index (χ1) is 7.09. The number of thioether (sulfide) groups is 1. The number of fused-ring (bicyclic) bond motifs is 1. The Bertz CT molecular complexity index is 414. The molecule has 2 rings (SSSR count). The maximum Gasteiger partial charge on any atom is 0.167 e. The number of benzene rings is 1. The normalized spacial score (nSPS) is 21.0. The second-order valence-electron chi connectivity index (χ2n) is 3.97. The number of carbonyl (C=O) groups is 1. The predicted octanol–water partition coefficient (Wildman–Crippen LogP) is 3.34. The average Bonchev–Trinajstić information content (AvgIpc) is 2.32. The molecular weight excluding hydrogens is 211 g/mol. The molecule has 0 saturated carbocycles. The zero-order chi connectivity index (χ0) is 11.0. The van der Waals surface area contributed by atoms with Crippen LogP contribution in [0.4, 0.5) is 4.39 Å². The van der Waals surface area contributed by atoms with E-state index in [1.165, 1.54) is 6.07 Å². The summed E-state index contributed by atoms with van der Waals surface area (Å²) in [5, 5.41) is 0.281. The molecule has 0 radical (unpaired) electrons. The first kappa shape index (κ1) is 10.7. The summed E-state index contributed by atoms with van der Waals surface area (Å²) < 4.78 is 13.6. The summed E-state index contributed by atoms with van der Waals surface area (Å²) in [5.74, 6) is 0.324. The minimum Gasteiger partial charge on any atom is -0.294 e. The molecule has 0 N–H and O–H groups in total. The van der Waals surface area contributed by atoms with Crippen molar-refractivity contribution in [3.8, 4) is 0 Å². The van der Waals surface area contributed by atoms with Gasteiger partial charge in [-0.05, 0) is 24.1 Å². The number of hydrogen-bond donors (Lipinski definition) is 0. The Labute approximate surface area is 93.1 Å². The van der Waals surface area contributed by atoms with Gasteiger partial charge >= 0.3 is 0 Å². The largest absolute Gasteiger partial charge is 0.294 e. The van der Waals surface area contributed by atoms with Crippen LogP contribution < -0.4 is 0 Å². The molecule has 1 aromatic rings. The Hall–Kier alpha value is -0.830. The molecule has 1 atom stereocenters. The van der Waals surface area contributed by atoms with Crippen molar-refractivity contribution in [3.05, 3.63) is 34.6 Å². The van der Waals surface area contributed by atoms with E-state index < -0.39 is 0 Å². The lowest BCUT2D eigenvalue weighted by Gasteiger charge is -2.08. The zero-order valence-corrected chi connectivity index (χ0v) is 9.66. The standard InChI is InChI=1S/C12H13FOS/c1-7-3-4-10(13)12-9(7)6-15-8(2)5-11(12)14/h3-4,8H,5-6H2,1-2H3. The van der Waals surface area contributed by atoms with Gasteiger partial charge < -0.3 is 0 Å². The molecule has 0 aromatic heterocycles. The van der Waals surface area contributed by atoms with Crippen molar-refractivity contribution in [1.29, 1.82) is 0 Å². The molecule has 80 valence electrons. The molecule has 0 saturated heterocycles. The van der Waals surface area contributed by atoms with Crippen molar-refractivity contribution in [3.63, 3.8) is 0 Å². The number of aryl methyl sites for hydroxylation is 1. The molecule has 0 bridgehead atoms. The third-order valence-corrected chi connectivity index (χ3v) is 3.95. The molecule has 0 amide bonds. The Kier molecular flexibility index (Phi) is 2.83. The highest BCUT2D eigenvalue weighted by Crippen LogP contribution is 2.31. The number of halogens is 1. The van der Waals surface area contributed by atoms with Gasteiger partial charge in [0.05, 0.1) is 5.56 Å². The van der Waals surface area contributed by atoms with Gasteiger partial charge in [-0.3, -0.25) is 4.79 Å². The summed E-state index contributed by atoms with van der Waals surface area (Å²) in [4.78, 5) is 11.8. The van der Waals surface area contributed by atoms with Crippen molar-refractivity contribution in [2.45, 2.75) is 31.3 Å². The predicted molar refractivity (Wildman–Crippen MR) is 60.8 cm³/mol. The smallest absolute Gasteiger partial charge is 0.167 e. The van der Waals surface area contributed by atoms with E-state index in [4.69, 9.17) is 0 Å². The average molecular weight is 224 g/mol. The Morgan fingerprint density at radius 3 is 2.93 bits per heavy atom. The zero-order valence-electron chi connectivity index (χ0n) is 8.84. The van der Waals surface area contributed by atoms with Crippen molar-refractivity contribution in [2.24, 2.45) is 0 Å². The Balaban J connectivity index is 2.57. The second kappa shape index (κ2) is 3.97. The SMILES string of the molecule is Cc1ccc(F)c2c1CSC(C)CC2=O. The number of Topliss-reactive ketones (excluding diaryl/α,β-unsaturated/α-hetero) is 1. The Morgan fingerprint density at radius 1 is 1.47 bits per heavy atom. The number of rotatable bonds is 0. The van der Waals surface area contributed by atoms with Gasteiger partial charge in [-0.25, -0.2) is 4.39 Å². The van der Waals surface area contributed by atoms with Crippen LogP contribution in [0.5, 0.6) is 0 Å². The fourth-order valence-corrected chi connectivity index (χ4v) is 2.95. The molecule has 1 aliphatic rings. The number of carbonyl (C=O) groups excluding carboxylic acids is 1.